The van der Waals surface area contributed by atoms with E-state index in [1.807, 2.05) is 0 Å². The minimum absolute atomic E-state index is 0.241. The third-order valence-electron chi connectivity index (χ3n) is 2.67. The lowest BCUT2D eigenvalue weighted by Crippen LogP contribution is -2.24. The van der Waals surface area contributed by atoms with Gasteiger partial charge >= 0.3 is 0 Å². The number of unbranched alkanes of at least 4 members (excludes halogenated alkanes) is 1. The first-order valence-corrected chi connectivity index (χ1v) is 6.52. The van der Waals surface area contributed by atoms with Gasteiger partial charge in [-0.2, -0.15) is 0 Å². The molecule has 0 bridgehead atoms. The number of ether oxygens (including phenoxy) is 2. The molecule has 0 saturated heterocycles. The summed E-state index contributed by atoms with van der Waals surface area (Å²) in [5, 5.41) is 21.2. The maximum atomic E-state index is 11.7. The molecular formula is C14H21NO5. The zero-order valence-electron chi connectivity index (χ0n) is 11.6. The fraction of sp³-hybridized carbons (Fsp3) is 0.500. The number of aromatic hydroxyl groups is 2. The molecule has 6 nitrogen and oxygen atoms in total. The van der Waals surface area contributed by atoms with Gasteiger partial charge in [0.25, 0.3) is 5.91 Å². The van der Waals surface area contributed by atoms with Crippen LogP contribution in [0.4, 0.5) is 0 Å². The minimum Gasteiger partial charge on any atom is -0.504 e. The van der Waals surface area contributed by atoms with Crippen LogP contribution in [0, 0.1) is 0 Å². The predicted octanol–water partition coefficient (Wildman–Crippen LogP) is 1.27. The number of amides is 1. The number of phenols is 2. The molecular weight excluding hydrogens is 262 g/mol. The Morgan fingerprint density at radius 1 is 1.15 bits per heavy atom. The van der Waals surface area contributed by atoms with E-state index in [1.54, 1.807) is 7.11 Å². The van der Waals surface area contributed by atoms with Crippen LogP contribution in [-0.4, -0.2) is 49.6 Å². The van der Waals surface area contributed by atoms with Gasteiger partial charge in [-0.3, -0.25) is 4.79 Å². The van der Waals surface area contributed by atoms with Crippen LogP contribution in [0.5, 0.6) is 11.5 Å². The molecule has 1 aromatic carbocycles. The van der Waals surface area contributed by atoms with Crippen LogP contribution in [-0.2, 0) is 9.47 Å². The van der Waals surface area contributed by atoms with Crippen molar-refractivity contribution >= 4 is 5.91 Å². The number of phenolic OH excluding ortho intramolecular Hbond substituents is 2. The van der Waals surface area contributed by atoms with E-state index in [9.17, 15) is 9.90 Å². The van der Waals surface area contributed by atoms with Crippen LogP contribution in [0.2, 0.25) is 0 Å². The third kappa shape index (κ3) is 5.90. The van der Waals surface area contributed by atoms with Gasteiger partial charge in [0.15, 0.2) is 11.5 Å². The average Bonchev–Trinajstić information content (AvgIpc) is 2.44. The van der Waals surface area contributed by atoms with Gasteiger partial charge in [-0.05, 0) is 31.0 Å². The van der Waals surface area contributed by atoms with E-state index in [4.69, 9.17) is 14.6 Å². The number of benzene rings is 1. The molecule has 6 heteroatoms. The van der Waals surface area contributed by atoms with Crippen molar-refractivity contribution < 1.29 is 24.5 Å². The van der Waals surface area contributed by atoms with Crippen molar-refractivity contribution in [1.29, 1.82) is 0 Å². The van der Waals surface area contributed by atoms with Crippen LogP contribution >= 0.6 is 0 Å². The zero-order valence-corrected chi connectivity index (χ0v) is 11.6. The lowest BCUT2D eigenvalue weighted by Gasteiger charge is -2.07. The highest BCUT2D eigenvalue weighted by molar-refractivity contribution is 5.94. The second-order valence-electron chi connectivity index (χ2n) is 4.27. The van der Waals surface area contributed by atoms with Gasteiger partial charge in [0.2, 0.25) is 0 Å². The summed E-state index contributed by atoms with van der Waals surface area (Å²) in [7, 11) is 1.63. The highest BCUT2D eigenvalue weighted by Crippen LogP contribution is 2.24. The molecule has 20 heavy (non-hydrogen) atoms. The molecule has 3 N–H and O–H groups in total. The SMILES string of the molecule is COCCOCCCCNC(=O)c1ccc(O)c(O)c1. The van der Waals surface area contributed by atoms with Crippen LogP contribution in [0.1, 0.15) is 23.2 Å². The Kier molecular flexibility index (Phi) is 7.46. The Hall–Kier alpha value is -1.79. The summed E-state index contributed by atoms with van der Waals surface area (Å²) in [6.45, 7) is 2.34. The summed E-state index contributed by atoms with van der Waals surface area (Å²) in [5.41, 5.74) is 0.316. The molecule has 1 aromatic rings. The van der Waals surface area contributed by atoms with Crippen LogP contribution in [0.25, 0.3) is 0 Å². The zero-order chi connectivity index (χ0) is 14.8. The summed E-state index contributed by atoms with van der Waals surface area (Å²) in [6, 6.07) is 3.98. The molecule has 0 unspecified atom stereocenters. The number of hydrogen-bond acceptors (Lipinski definition) is 5. The number of hydrogen-bond donors (Lipinski definition) is 3. The first-order valence-electron chi connectivity index (χ1n) is 6.52. The van der Waals surface area contributed by atoms with E-state index < -0.39 is 0 Å². The Labute approximate surface area is 118 Å². The fourth-order valence-electron chi connectivity index (χ4n) is 1.54. The van der Waals surface area contributed by atoms with Crippen LogP contribution < -0.4 is 5.32 Å². The molecule has 0 aliphatic heterocycles. The normalized spacial score (nSPS) is 10.4. The largest absolute Gasteiger partial charge is 0.504 e. The van der Waals surface area contributed by atoms with Crippen LogP contribution in [0.3, 0.4) is 0 Å². The van der Waals surface area contributed by atoms with Crippen molar-refractivity contribution in [2.45, 2.75) is 12.8 Å². The molecule has 1 rings (SSSR count). The van der Waals surface area contributed by atoms with E-state index in [-0.39, 0.29) is 17.4 Å². The lowest BCUT2D eigenvalue weighted by molar-refractivity contribution is 0.0686. The monoisotopic (exact) mass is 283 g/mol. The minimum atomic E-state index is -0.302. The van der Waals surface area contributed by atoms with Gasteiger partial charge in [0, 0.05) is 25.8 Å². The van der Waals surface area contributed by atoms with Crippen molar-refractivity contribution in [3.8, 4) is 11.5 Å². The summed E-state index contributed by atoms with van der Waals surface area (Å²) in [5.74, 6) is -0.820. The summed E-state index contributed by atoms with van der Waals surface area (Å²) in [4.78, 5) is 11.7. The second kappa shape index (κ2) is 9.17. The number of nitrogens with one attached hydrogen (secondary N) is 1. The molecule has 0 saturated carbocycles. The Bertz CT molecular complexity index is 422. The third-order valence-corrected chi connectivity index (χ3v) is 2.67. The highest BCUT2D eigenvalue weighted by atomic mass is 16.5. The molecule has 0 atom stereocenters. The maximum Gasteiger partial charge on any atom is 0.251 e. The quantitative estimate of drug-likeness (QED) is 0.469. The van der Waals surface area contributed by atoms with Crippen molar-refractivity contribution in [2.75, 3.05) is 33.5 Å². The number of methoxy groups -OCH3 is 1. The van der Waals surface area contributed by atoms with Gasteiger partial charge < -0.3 is 25.0 Å². The second-order valence-corrected chi connectivity index (χ2v) is 4.27. The Balaban J connectivity index is 2.15. The van der Waals surface area contributed by atoms with E-state index in [2.05, 4.69) is 5.32 Å². The standard InChI is InChI=1S/C14H21NO5/c1-19-8-9-20-7-3-2-6-15-14(18)11-4-5-12(16)13(17)10-11/h4-5,10,16-17H,2-3,6-9H2,1H3,(H,15,18). The molecule has 0 aliphatic rings. The predicted molar refractivity (Wildman–Crippen MR) is 74.0 cm³/mol. The summed E-state index contributed by atoms with van der Waals surface area (Å²) >= 11 is 0. The number of carbonyl (C=O) groups excluding carboxylic acids is 1. The summed E-state index contributed by atoms with van der Waals surface area (Å²) in [6.07, 6.45) is 1.66. The van der Waals surface area contributed by atoms with Crippen molar-refractivity contribution in [3.63, 3.8) is 0 Å². The highest BCUT2D eigenvalue weighted by Gasteiger charge is 2.07. The van der Waals surface area contributed by atoms with E-state index >= 15 is 0 Å². The molecule has 0 radical (unpaired) electrons. The number of carbonyl (C=O) groups is 1. The first-order chi connectivity index (χ1) is 9.65. The van der Waals surface area contributed by atoms with Gasteiger partial charge in [-0.15, -0.1) is 0 Å². The summed E-state index contributed by atoms with van der Waals surface area (Å²) < 4.78 is 10.1. The molecule has 0 heterocycles. The van der Waals surface area contributed by atoms with Gasteiger partial charge in [-0.1, -0.05) is 0 Å². The molecule has 0 spiro atoms. The van der Waals surface area contributed by atoms with E-state index in [0.717, 1.165) is 12.8 Å². The van der Waals surface area contributed by atoms with Crippen molar-refractivity contribution in [2.24, 2.45) is 0 Å². The maximum absolute atomic E-state index is 11.7. The molecule has 0 fully saturated rings. The molecule has 0 aliphatic carbocycles. The van der Waals surface area contributed by atoms with Gasteiger partial charge in [0.1, 0.15) is 0 Å². The van der Waals surface area contributed by atoms with E-state index in [1.165, 1.54) is 18.2 Å². The van der Waals surface area contributed by atoms with E-state index in [0.29, 0.717) is 31.9 Å². The molecule has 1 amide bonds. The Morgan fingerprint density at radius 3 is 2.65 bits per heavy atom. The van der Waals surface area contributed by atoms with Gasteiger partial charge in [-0.25, -0.2) is 0 Å². The lowest BCUT2D eigenvalue weighted by atomic mass is 10.2. The van der Waals surface area contributed by atoms with Crippen molar-refractivity contribution in [1.82, 2.24) is 5.32 Å². The van der Waals surface area contributed by atoms with Crippen LogP contribution in [0.15, 0.2) is 18.2 Å². The number of rotatable bonds is 9. The molecule has 0 aromatic heterocycles. The molecule has 112 valence electrons. The topological polar surface area (TPSA) is 88.0 Å². The fourth-order valence-corrected chi connectivity index (χ4v) is 1.54. The average molecular weight is 283 g/mol. The smallest absolute Gasteiger partial charge is 0.251 e. The van der Waals surface area contributed by atoms with Gasteiger partial charge in [0.05, 0.1) is 13.2 Å². The first kappa shape index (κ1) is 16.3. The Morgan fingerprint density at radius 2 is 1.95 bits per heavy atom. The van der Waals surface area contributed by atoms with Crippen molar-refractivity contribution in [3.05, 3.63) is 23.8 Å².